The van der Waals surface area contributed by atoms with Gasteiger partial charge >= 0.3 is 0 Å². The van der Waals surface area contributed by atoms with Crippen LogP contribution in [0.3, 0.4) is 0 Å². The quantitative estimate of drug-likeness (QED) is 0.0744. The monoisotopic (exact) mass is 872 g/mol. The van der Waals surface area contributed by atoms with E-state index in [0.29, 0.717) is 6.54 Å². The van der Waals surface area contributed by atoms with E-state index in [1.165, 1.54) is 32.1 Å². The molecule has 2 N–H and O–H groups in total. The lowest BCUT2D eigenvalue weighted by molar-refractivity contribution is 0.682. The van der Waals surface area contributed by atoms with E-state index in [4.69, 9.17) is 9.97 Å². The first-order valence-electron chi connectivity index (χ1n) is 21.3. The van der Waals surface area contributed by atoms with E-state index in [-0.39, 0.29) is 15.3 Å². The first-order valence-corrected chi connectivity index (χ1v) is 24.2. The summed E-state index contributed by atoms with van der Waals surface area (Å²) in [5.74, 6) is 0. The van der Waals surface area contributed by atoms with Crippen molar-refractivity contribution in [3.63, 3.8) is 0 Å². The number of nitrogens with one attached hydrogen (secondary N) is 2. The van der Waals surface area contributed by atoms with E-state index in [9.17, 15) is 0 Å². The summed E-state index contributed by atoms with van der Waals surface area (Å²) >= 11 is 0. The minimum Gasteiger partial charge on any atom is -0.311 e. The predicted molar refractivity (Wildman–Crippen MR) is 273 cm³/mol. The normalized spacial score (nSPS) is 10.8. The highest BCUT2D eigenvalue weighted by Crippen LogP contribution is 2.34. The summed E-state index contributed by atoms with van der Waals surface area (Å²) in [5, 5.41) is 14.2. The fourth-order valence-corrected chi connectivity index (χ4v) is 12.0. The Morgan fingerprint density at radius 1 is 0.359 bits per heavy atom. The molecular weight excluding hydrogens is 819 g/mol. The van der Waals surface area contributed by atoms with Gasteiger partial charge in [0.2, 0.25) is 0 Å². The minimum absolute atomic E-state index is 0. The lowest BCUT2D eigenvalue weighted by Crippen LogP contribution is -2.26. The lowest BCUT2D eigenvalue weighted by atomic mass is 10.2. The Morgan fingerprint density at radius 2 is 0.781 bits per heavy atom. The third-order valence-electron chi connectivity index (χ3n) is 10.3. The molecule has 6 nitrogen and oxygen atoms in total. The van der Waals surface area contributed by atoms with Gasteiger partial charge in [0.1, 0.15) is 0 Å². The Labute approximate surface area is 381 Å². The van der Waals surface area contributed by atoms with Gasteiger partial charge in [-0.15, -0.1) is 0 Å². The maximum Gasteiger partial charge on any atom is 0.0890 e. The van der Waals surface area contributed by atoms with Crippen molar-refractivity contribution < 1.29 is 0 Å². The maximum absolute atomic E-state index is 4.81. The number of rotatable bonds is 16. The molecule has 0 saturated heterocycles. The Kier molecular flexibility index (Phi) is 17.3. The van der Waals surface area contributed by atoms with Gasteiger partial charge in [0.15, 0.2) is 0 Å². The number of hydrogen-bond acceptors (Lipinski definition) is 6. The summed E-state index contributed by atoms with van der Waals surface area (Å²) in [6.45, 7) is 3.19. The van der Waals surface area contributed by atoms with Crippen LogP contribution in [0.25, 0.3) is 22.8 Å². The zero-order valence-corrected chi connectivity index (χ0v) is 36.9. The van der Waals surface area contributed by atoms with Crippen LogP contribution >= 0.6 is 15.8 Å². The second kappa shape index (κ2) is 24.4. The molecule has 0 unspecified atom stereocenters. The van der Waals surface area contributed by atoms with Gasteiger partial charge in [-0.25, -0.2) is 9.97 Å². The lowest BCUT2D eigenvalue weighted by Gasteiger charge is -2.22. The van der Waals surface area contributed by atoms with E-state index in [1.807, 2.05) is 54.6 Å². The van der Waals surface area contributed by atoms with Crippen molar-refractivity contribution in [2.45, 2.75) is 27.1 Å². The summed E-state index contributed by atoms with van der Waals surface area (Å²) in [5.41, 5.74) is 6.99. The van der Waals surface area contributed by atoms with E-state index < -0.39 is 7.92 Å². The molecule has 9 aromatic rings. The zero-order chi connectivity index (χ0) is 42.7. The number of nitrogens with zero attached hydrogens (tertiary/aromatic N) is 4. The number of aromatic nitrogens is 4. The van der Waals surface area contributed by atoms with Crippen LogP contribution < -0.4 is 37.2 Å². The molecule has 0 amide bonds. The Balaban J connectivity index is 0.000000191. The molecule has 0 saturated carbocycles. The van der Waals surface area contributed by atoms with Gasteiger partial charge < -0.3 is 10.6 Å². The summed E-state index contributed by atoms with van der Waals surface area (Å²) < 4.78 is 0. The standard InChI is InChI=1S/C30H26N3P.C25H24N3P.CH4/c1-3-14-26(15-4-1)34(27-16-5-2-6-17-27)30-20-8-7-12-24(30)22-31-23-25-13-11-19-29(33-25)28-18-9-10-21-32-28;1-3-11-22(12-4-1)29(23-13-5-2-6-14-23)19-18-26-20-21-10-9-16-25(28-21)24-15-7-8-17-27-24;/h1-21,31H,22-23H2;1-17,26H,18-20H2;1H4. The summed E-state index contributed by atoms with van der Waals surface area (Å²) in [7, 11) is -1.00. The summed E-state index contributed by atoms with van der Waals surface area (Å²) in [4.78, 5) is 18.4. The molecule has 5 aromatic carbocycles. The molecule has 9 rings (SSSR count). The molecule has 0 bridgehead atoms. The van der Waals surface area contributed by atoms with Crippen LogP contribution in [0.1, 0.15) is 24.4 Å². The molecule has 318 valence electrons. The van der Waals surface area contributed by atoms with E-state index in [0.717, 1.165) is 60.0 Å². The summed E-state index contributed by atoms with van der Waals surface area (Å²) in [6, 6.07) is 76.2. The average molecular weight is 873 g/mol. The van der Waals surface area contributed by atoms with E-state index in [1.54, 1.807) is 12.4 Å². The zero-order valence-electron chi connectivity index (χ0n) is 35.2. The minimum atomic E-state index is -0.637. The molecule has 4 aromatic heterocycles. The van der Waals surface area contributed by atoms with Crippen LogP contribution in [0.2, 0.25) is 0 Å². The third-order valence-corrected chi connectivity index (χ3v) is 15.4. The van der Waals surface area contributed by atoms with Crippen LogP contribution in [0.15, 0.2) is 231 Å². The molecule has 0 spiro atoms. The number of pyridine rings is 4. The van der Waals surface area contributed by atoms with Crippen molar-refractivity contribution in [1.29, 1.82) is 0 Å². The molecule has 4 heterocycles. The largest absolute Gasteiger partial charge is 0.311 e. The molecule has 0 atom stereocenters. The molecular formula is C56H54N6P2. The Bertz CT molecular complexity index is 2630. The van der Waals surface area contributed by atoms with Crippen LogP contribution in [-0.2, 0) is 19.6 Å². The first-order chi connectivity index (χ1) is 31.3. The topological polar surface area (TPSA) is 75.6 Å². The van der Waals surface area contributed by atoms with Crippen molar-refractivity contribution in [2.75, 3.05) is 12.7 Å². The molecule has 0 aliphatic rings. The van der Waals surface area contributed by atoms with Gasteiger partial charge in [0.25, 0.3) is 0 Å². The van der Waals surface area contributed by atoms with Crippen LogP contribution in [-0.4, -0.2) is 32.6 Å². The van der Waals surface area contributed by atoms with Crippen molar-refractivity contribution in [3.8, 4) is 22.8 Å². The average Bonchev–Trinajstić information content (AvgIpc) is 3.37. The van der Waals surface area contributed by atoms with Gasteiger partial charge in [-0.1, -0.05) is 177 Å². The van der Waals surface area contributed by atoms with E-state index in [2.05, 4.69) is 184 Å². The first kappa shape index (κ1) is 45.5. The second-order valence-corrected chi connectivity index (χ2v) is 19.2. The molecule has 0 aliphatic carbocycles. The molecule has 0 fully saturated rings. The number of hydrogen-bond donors (Lipinski definition) is 2. The highest BCUT2D eigenvalue weighted by atomic mass is 31.1. The Hall–Kier alpha value is -6.52. The summed E-state index contributed by atoms with van der Waals surface area (Å²) in [6.07, 6.45) is 4.71. The molecule has 64 heavy (non-hydrogen) atoms. The second-order valence-electron chi connectivity index (χ2n) is 14.7. The number of benzene rings is 5. The SMILES string of the molecule is C.c1ccc(P(CCNCc2cccc(-c3ccccn3)n2)c2ccccc2)cc1.c1ccc(P(c2ccccc2)c2ccccc2CNCc2cccc(-c3ccccn3)n2)cc1. The fraction of sp³-hybridized carbons (Fsp3) is 0.107. The molecule has 8 heteroatoms. The highest BCUT2D eigenvalue weighted by molar-refractivity contribution is 7.80. The van der Waals surface area contributed by atoms with Crippen molar-refractivity contribution in [1.82, 2.24) is 30.6 Å². The van der Waals surface area contributed by atoms with Crippen LogP contribution in [0.5, 0.6) is 0 Å². The van der Waals surface area contributed by atoms with Gasteiger partial charge in [-0.05, 0) is 103 Å². The van der Waals surface area contributed by atoms with Crippen molar-refractivity contribution >= 4 is 42.4 Å². The van der Waals surface area contributed by atoms with Gasteiger partial charge in [0, 0.05) is 38.6 Å². The predicted octanol–water partition coefficient (Wildman–Crippen LogP) is 10.2. The van der Waals surface area contributed by atoms with Crippen molar-refractivity contribution in [3.05, 3.63) is 248 Å². The van der Waals surface area contributed by atoms with Gasteiger partial charge in [-0.3, -0.25) is 9.97 Å². The van der Waals surface area contributed by atoms with Gasteiger partial charge in [0.05, 0.1) is 34.2 Å². The molecule has 0 radical (unpaired) electrons. The highest BCUT2D eigenvalue weighted by Gasteiger charge is 2.19. The van der Waals surface area contributed by atoms with Crippen LogP contribution in [0, 0.1) is 0 Å². The van der Waals surface area contributed by atoms with E-state index >= 15 is 0 Å². The van der Waals surface area contributed by atoms with Crippen molar-refractivity contribution in [2.24, 2.45) is 0 Å². The third kappa shape index (κ3) is 12.8. The van der Waals surface area contributed by atoms with Crippen LogP contribution in [0.4, 0.5) is 0 Å². The maximum atomic E-state index is 4.81. The van der Waals surface area contributed by atoms with Gasteiger partial charge in [-0.2, -0.15) is 0 Å². The Morgan fingerprint density at radius 3 is 1.27 bits per heavy atom. The molecule has 0 aliphatic heterocycles. The fourth-order valence-electron chi connectivity index (χ4n) is 7.29. The smallest absolute Gasteiger partial charge is 0.0890 e.